The molecule has 160 valence electrons. The van der Waals surface area contributed by atoms with Crippen molar-refractivity contribution in [2.75, 3.05) is 5.32 Å². The lowest BCUT2D eigenvalue weighted by molar-refractivity contribution is -0.385. The van der Waals surface area contributed by atoms with Gasteiger partial charge in [0.1, 0.15) is 0 Å². The number of anilines is 1. The molecule has 0 spiro atoms. The molecule has 0 fully saturated rings. The molecule has 3 aromatic carbocycles. The highest BCUT2D eigenvalue weighted by atomic mass is 16.6. The summed E-state index contributed by atoms with van der Waals surface area (Å²) in [7, 11) is 0. The maximum atomic E-state index is 13.3. The molecule has 1 aliphatic heterocycles. The fourth-order valence-corrected chi connectivity index (χ4v) is 5.04. The van der Waals surface area contributed by atoms with Gasteiger partial charge in [0, 0.05) is 35.4 Å². The summed E-state index contributed by atoms with van der Waals surface area (Å²) in [5.74, 6) is -0.129. The summed E-state index contributed by atoms with van der Waals surface area (Å²) >= 11 is 0. The number of Topliss-reactive ketones (excluding diaryl/α,β-unsaturated/α-hetero) is 1. The number of carbonyl (C=O) groups excluding carboxylic acids is 1. The van der Waals surface area contributed by atoms with Gasteiger partial charge in [-0.25, -0.2) is 0 Å². The summed E-state index contributed by atoms with van der Waals surface area (Å²) < 4.78 is 0. The number of ketones is 1. The number of rotatable bonds is 3. The number of nitrogens with one attached hydrogen (secondary N) is 1. The van der Waals surface area contributed by atoms with Gasteiger partial charge in [0.15, 0.2) is 5.78 Å². The van der Waals surface area contributed by atoms with E-state index in [-0.39, 0.29) is 27.7 Å². The Hall–Kier alpha value is -3.73. The number of benzene rings is 3. The number of nitro groups is 1. The van der Waals surface area contributed by atoms with Crippen LogP contribution in [0.25, 0.3) is 16.8 Å². The topological polar surface area (TPSA) is 72.2 Å². The van der Waals surface area contributed by atoms with E-state index >= 15 is 0 Å². The van der Waals surface area contributed by atoms with Gasteiger partial charge in [0.05, 0.1) is 10.5 Å². The molecule has 5 nitrogen and oxygen atoms in total. The highest BCUT2D eigenvalue weighted by Gasteiger charge is 2.39. The predicted molar refractivity (Wildman–Crippen MR) is 127 cm³/mol. The molecule has 0 radical (unpaired) electrons. The second-order valence-electron chi connectivity index (χ2n) is 9.36. The molecule has 0 amide bonds. The molecule has 5 heteroatoms. The average molecular weight is 425 g/mol. The number of carbonyl (C=O) groups is 1. The maximum Gasteiger partial charge on any atom is 0.276 e. The van der Waals surface area contributed by atoms with Gasteiger partial charge in [-0.05, 0) is 40.3 Å². The summed E-state index contributed by atoms with van der Waals surface area (Å²) in [5.41, 5.74) is 4.26. The monoisotopic (exact) mass is 424 g/mol. The van der Waals surface area contributed by atoms with Gasteiger partial charge in [0.25, 0.3) is 5.69 Å². The number of fused-ring (bicyclic) bond motifs is 3. The molecule has 5 rings (SSSR count). The van der Waals surface area contributed by atoms with Gasteiger partial charge < -0.3 is 5.32 Å². The first-order chi connectivity index (χ1) is 15.3. The Kier molecular flexibility index (Phi) is 4.70. The number of nitrogens with zero attached hydrogens (tertiary/aromatic N) is 1. The molecular weight excluding hydrogens is 400 g/mol. The molecule has 1 heterocycles. The molecule has 0 saturated heterocycles. The first-order valence-corrected chi connectivity index (χ1v) is 10.8. The Morgan fingerprint density at radius 1 is 1.03 bits per heavy atom. The quantitative estimate of drug-likeness (QED) is 0.379. The molecule has 32 heavy (non-hydrogen) atoms. The van der Waals surface area contributed by atoms with Gasteiger partial charge in [-0.1, -0.05) is 68.5 Å². The van der Waals surface area contributed by atoms with Crippen LogP contribution in [0.4, 0.5) is 11.4 Å². The van der Waals surface area contributed by atoms with Crippen LogP contribution in [-0.2, 0) is 4.79 Å². The van der Waals surface area contributed by atoms with Crippen molar-refractivity contribution in [1.29, 1.82) is 0 Å². The van der Waals surface area contributed by atoms with Crippen molar-refractivity contribution < 1.29 is 9.72 Å². The van der Waals surface area contributed by atoms with Gasteiger partial charge in [-0.2, -0.15) is 0 Å². The third kappa shape index (κ3) is 3.40. The second-order valence-corrected chi connectivity index (χ2v) is 9.36. The number of para-hydroxylation sites is 1. The van der Waals surface area contributed by atoms with E-state index in [1.807, 2.05) is 18.2 Å². The van der Waals surface area contributed by atoms with Crippen LogP contribution in [0.1, 0.15) is 43.7 Å². The van der Waals surface area contributed by atoms with Crippen LogP contribution in [0.15, 0.2) is 78.0 Å². The summed E-state index contributed by atoms with van der Waals surface area (Å²) in [4.78, 5) is 24.5. The predicted octanol–water partition coefficient (Wildman–Crippen LogP) is 6.61. The molecule has 2 aliphatic rings. The molecular formula is C27H24N2O3. The van der Waals surface area contributed by atoms with E-state index in [1.165, 1.54) is 6.07 Å². The zero-order chi connectivity index (χ0) is 22.5. The molecule has 0 unspecified atom stereocenters. The number of hydrogen-bond donors (Lipinski definition) is 1. The van der Waals surface area contributed by atoms with Gasteiger partial charge in [-0.3, -0.25) is 14.9 Å². The van der Waals surface area contributed by atoms with Gasteiger partial charge >= 0.3 is 0 Å². The van der Waals surface area contributed by atoms with Gasteiger partial charge in [-0.15, -0.1) is 0 Å². The van der Waals surface area contributed by atoms with Crippen LogP contribution in [0, 0.1) is 15.5 Å². The normalized spacial score (nSPS) is 19.6. The highest BCUT2D eigenvalue weighted by molar-refractivity contribution is 6.04. The van der Waals surface area contributed by atoms with E-state index in [1.54, 1.807) is 24.3 Å². The smallest absolute Gasteiger partial charge is 0.276 e. The van der Waals surface area contributed by atoms with Crippen LogP contribution in [-0.4, -0.2) is 10.7 Å². The molecule has 1 atom stereocenters. The zero-order valence-electron chi connectivity index (χ0n) is 18.1. The van der Waals surface area contributed by atoms with Crippen molar-refractivity contribution in [3.63, 3.8) is 0 Å². The van der Waals surface area contributed by atoms with E-state index < -0.39 is 0 Å². The lowest BCUT2D eigenvalue weighted by Crippen LogP contribution is -2.33. The van der Waals surface area contributed by atoms with E-state index in [0.29, 0.717) is 12.0 Å². The van der Waals surface area contributed by atoms with Crippen molar-refractivity contribution in [1.82, 2.24) is 0 Å². The van der Waals surface area contributed by atoms with E-state index in [4.69, 9.17) is 0 Å². The Labute approximate surface area is 186 Å². The van der Waals surface area contributed by atoms with E-state index in [2.05, 4.69) is 43.4 Å². The van der Waals surface area contributed by atoms with Crippen molar-refractivity contribution in [2.24, 2.45) is 5.41 Å². The second kappa shape index (κ2) is 7.45. The minimum absolute atomic E-state index is 0.0566. The molecule has 0 bridgehead atoms. The maximum absolute atomic E-state index is 13.3. The Balaban J connectivity index is 1.71. The Bertz CT molecular complexity index is 1330. The fraction of sp³-hybridized carbons (Fsp3) is 0.222. The summed E-state index contributed by atoms with van der Waals surface area (Å²) in [6.45, 7) is 4.23. The third-order valence-corrected chi connectivity index (χ3v) is 6.40. The van der Waals surface area contributed by atoms with Crippen LogP contribution < -0.4 is 5.32 Å². The molecule has 3 aromatic rings. The van der Waals surface area contributed by atoms with Crippen LogP contribution in [0.2, 0.25) is 0 Å². The van der Waals surface area contributed by atoms with E-state index in [9.17, 15) is 14.9 Å². The van der Waals surface area contributed by atoms with Crippen LogP contribution >= 0.6 is 0 Å². The Morgan fingerprint density at radius 3 is 2.59 bits per heavy atom. The van der Waals surface area contributed by atoms with Crippen molar-refractivity contribution in [2.45, 2.75) is 32.6 Å². The summed E-state index contributed by atoms with van der Waals surface area (Å²) in [6, 6.07) is 19.0. The minimum Gasteiger partial charge on any atom is -0.358 e. The number of nitro benzene ring substituents is 1. The molecule has 0 aromatic heterocycles. The van der Waals surface area contributed by atoms with Crippen LogP contribution in [0.3, 0.4) is 0 Å². The first kappa shape index (κ1) is 20.2. The zero-order valence-corrected chi connectivity index (χ0v) is 18.1. The summed E-state index contributed by atoms with van der Waals surface area (Å²) in [5, 5.41) is 17.2. The highest BCUT2D eigenvalue weighted by Crippen LogP contribution is 2.49. The molecule has 1 aliphatic carbocycles. The van der Waals surface area contributed by atoms with Gasteiger partial charge in [0.2, 0.25) is 0 Å². The van der Waals surface area contributed by atoms with Crippen molar-refractivity contribution >= 4 is 34.0 Å². The molecule has 1 N–H and O–H groups in total. The van der Waals surface area contributed by atoms with Crippen molar-refractivity contribution in [3.05, 3.63) is 99.3 Å². The van der Waals surface area contributed by atoms with E-state index in [0.717, 1.165) is 39.7 Å². The minimum atomic E-state index is -0.371. The lowest BCUT2D eigenvalue weighted by atomic mass is 9.69. The fourth-order valence-electron chi connectivity index (χ4n) is 5.04. The average Bonchev–Trinajstić information content (AvgIpc) is 2.75. The summed E-state index contributed by atoms with van der Waals surface area (Å²) in [6.07, 6.45) is 5.02. The number of hydrogen-bond acceptors (Lipinski definition) is 4. The largest absolute Gasteiger partial charge is 0.358 e. The Morgan fingerprint density at radius 2 is 1.78 bits per heavy atom. The SMILES string of the molecule is CC1(C)CC(=O)C2=C(C1)Nc1ccc3ccccc3c1[C@@H]2/C=C/c1ccccc1[N+](=O)[O-]. The van der Waals surface area contributed by atoms with Crippen molar-refractivity contribution in [3.8, 4) is 0 Å². The third-order valence-electron chi connectivity index (χ3n) is 6.40. The lowest BCUT2D eigenvalue weighted by Gasteiger charge is -2.39. The standard InChI is InChI=1S/C27H24N2O3/c1-27(2)15-22-26(24(30)16-27)20(13-11-18-8-4-6-10-23(18)29(31)32)25-19-9-5-3-7-17(19)12-14-21(25)28-22/h3-14,20,28H,15-16H2,1-2H3/b13-11+/t20-/m0/s1. The number of allylic oxidation sites excluding steroid dienone is 3. The van der Waals surface area contributed by atoms with Crippen LogP contribution in [0.5, 0.6) is 0 Å². The molecule has 0 saturated carbocycles. The first-order valence-electron chi connectivity index (χ1n) is 10.8.